The molecular formula is C27H35FN4O4S. The normalized spacial score (nSPS) is 22.3. The van der Waals surface area contributed by atoms with E-state index in [1.807, 2.05) is 43.6 Å². The number of thiazole rings is 1. The van der Waals surface area contributed by atoms with Crippen LogP contribution in [0.4, 0.5) is 4.39 Å². The molecule has 1 aliphatic carbocycles. The summed E-state index contributed by atoms with van der Waals surface area (Å²) in [6.45, 7) is 9.11. The maximum Gasteiger partial charge on any atom is 0.258 e. The first-order chi connectivity index (χ1) is 17.3. The second-order valence-electron chi connectivity index (χ2n) is 11.3. The number of benzene rings is 1. The van der Waals surface area contributed by atoms with E-state index in [4.69, 9.17) is 0 Å². The van der Waals surface area contributed by atoms with Gasteiger partial charge in [-0.25, -0.2) is 9.37 Å². The van der Waals surface area contributed by atoms with Gasteiger partial charge in [0.25, 0.3) is 5.91 Å². The van der Waals surface area contributed by atoms with Crippen molar-refractivity contribution in [3.63, 3.8) is 0 Å². The third kappa shape index (κ3) is 5.85. The van der Waals surface area contributed by atoms with Crippen LogP contribution in [-0.4, -0.2) is 63.1 Å². The molecule has 200 valence electrons. The summed E-state index contributed by atoms with van der Waals surface area (Å²) >= 11 is 1.57. The van der Waals surface area contributed by atoms with Crippen molar-refractivity contribution in [2.45, 2.75) is 83.8 Å². The smallest absolute Gasteiger partial charge is 0.258 e. The zero-order valence-corrected chi connectivity index (χ0v) is 22.7. The number of hydrogen-bond donors (Lipinski definition) is 3. The number of likely N-dealkylation sites (tertiary alicyclic amines) is 1. The average molecular weight is 531 g/mol. The van der Waals surface area contributed by atoms with Gasteiger partial charge in [0.2, 0.25) is 11.8 Å². The third-order valence-corrected chi connectivity index (χ3v) is 8.10. The molecule has 3 amide bonds. The molecule has 1 saturated heterocycles. The lowest BCUT2D eigenvalue weighted by atomic mass is 9.85. The molecule has 4 atom stereocenters. The lowest BCUT2D eigenvalue weighted by molar-refractivity contribution is -0.145. The molecule has 1 aromatic carbocycles. The summed E-state index contributed by atoms with van der Waals surface area (Å²) < 4.78 is 14.3. The number of nitrogens with one attached hydrogen (secondary N) is 2. The van der Waals surface area contributed by atoms with Crippen molar-refractivity contribution in [1.82, 2.24) is 20.5 Å². The van der Waals surface area contributed by atoms with E-state index in [0.717, 1.165) is 21.7 Å². The van der Waals surface area contributed by atoms with E-state index < -0.39 is 41.1 Å². The minimum atomic E-state index is -1.92. The third-order valence-electron chi connectivity index (χ3n) is 7.13. The van der Waals surface area contributed by atoms with E-state index in [-0.39, 0.29) is 37.8 Å². The summed E-state index contributed by atoms with van der Waals surface area (Å²) in [5, 5.41) is 15.9. The molecular weight excluding hydrogens is 495 g/mol. The Kier molecular flexibility index (Phi) is 7.45. The summed E-state index contributed by atoms with van der Waals surface area (Å²) in [4.78, 5) is 46.0. The molecule has 8 nitrogen and oxygen atoms in total. The van der Waals surface area contributed by atoms with Crippen LogP contribution in [0.15, 0.2) is 29.8 Å². The van der Waals surface area contributed by atoms with Gasteiger partial charge >= 0.3 is 0 Å². The van der Waals surface area contributed by atoms with Crippen LogP contribution in [0.3, 0.4) is 0 Å². The van der Waals surface area contributed by atoms with Crippen LogP contribution >= 0.6 is 11.3 Å². The average Bonchev–Trinajstić information content (AvgIpc) is 3.25. The molecule has 37 heavy (non-hydrogen) atoms. The highest BCUT2D eigenvalue weighted by Crippen LogP contribution is 2.40. The van der Waals surface area contributed by atoms with Crippen LogP contribution in [0, 0.1) is 12.3 Å². The van der Waals surface area contributed by atoms with Crippen LogP contribution in [0.1, 0.15) is 64.3 Å². The van der Waals surface area contributed by atoms with Gasteiger partial charge in [0.05, 0.1) is 28.2 Å². The molecule has 2 fully saturated rings. The first-order valence-electron chi connectivity index (χ1n) is 12.6. The zero-order valence-electron chi connectivity index (χ0n) is 21.9. The number of nitrogens with zero attached hydrogens (tertiary/aromatic N) is 2. The SMILES string of the molecule is Cc1ncsc1-c1ccc([C@@H](C)NC(=O)[C@@H]2C[C@@H](O)CN2C(=O)[C@@H](NC(=O)C2(F)CC2)C(C)(C)C)cc1. The summed E-state index contributed by atoms with van der Waals surface area (Å²) in [6.07, 6.45) is -0.504. The molecule has 4 rings (SSSR count). The number of aromatic nitrogens is 1. The zero-order chi connectivity index (χ0) is 27.1. The minimum absolute atomic E-state index is 0.0303. The molecule has 2 aromatic rings. The van der Waals surface area contributed by atoms with Crippen molar-refractivity contribution in [3.8, 4) is 10.4 Å². The minimum Gasteiger partial charge on any atom is -0.391 e. The van der Waals surface area contributed by atoms with Crippen molar-refractivity contribution in [2.24, 2.45) is 5.41 Å². The van der Waals surface area contributed by atoms with Crippen molar-refractivity contribution >= 4 is 29.1 Å². The molecule has 0 spiro atoms. The second-order valence-corrected chi connectivity index (χ2v) is 12.1. The number of aryl methyl sites for hydroxylation is 1. The molecule has 1 aliphatic heterocycles. The number of aliphatic hydroxyl groups is 1. The highest BCUT2D eigenvalue weighted by molar-refractivity contribution is 7.13. The van der Waals surface area contributed by atoms with Crippen LogP contribution in [0.25, 0.3) is 10.4 Å². The van der Waals surface area contributed by atoms with E-state index in [1.54, 1.807) is 32.1 Å². The number of rotatable bonds is 7. The van der Waals surface area contributed by atoms with Gasteiger partial charge < -0.3 is 20.6 Å². The lowest BCUT2D eigenvalue weighted by Crippen LogP contribution is -2.59. The number of amides is 3. The van der Waals surface area contributed by atoms with Crippen molar-refractivity contribution < 1.29 is 23.9 Å². The van der Waals surface area contributed by atoms with Crippen LogP contribution in [0.5, 0.6) is 0 Å². The number of aliphatic hydroxyl groups excluding tert-OH is 1. The van der Waals surface area contributed by atoms with Gasteiger partial charge in [0.1, 0.15) is 12.1 Å². The molecule has 0 radical (unpaired) electrons. The molecule has 3 N–H and O–H groups in total. The molecule has 0 bridgehead atoms. The van der Waals surface area contributed by atoms with Gasteiger partial charge in [0, 0.05) is 13.0 Å². The van der Waals surface area contributed by atoms with E-state index in [1.165, 1.54) is 4.90 Å². The van der Waals surface area contributed by atoms with Gasteiger partial charge in [-0.2, -0.15) is 0 Å². The fourth-order valence-corrected chi connectivity index (χ4v) is 5.42. The number of carbonyl (C=O) groups is 3. The van der Waals surface area contributed by atoms with Crippen LogP contribution in [-0.2, 0) is 14.4 Å². The Bertz CT molecular complexity index is 1170. The molecule has 2 heterocycles. The van der Waals surface area contributed by atoms with E-state index in [2.05, 4.69) is 15.6 Å². The summed E-state index contributed by atoms with van der Waals surface area (Å²) in [7, 11) is 0. The Morgan fingerprint density at radius 2 is 1.84 bits per heavy atom. The van der Waals surface area contributed by atoms with Crippen LogP contribution in [0.2, 0.25) is 0 Å². The Morgan fingerprint density at radius 3 is 2.38 bits per heavy atom. The maximum atomic E-state index is 14.3. The lowest BCUT2D eigenvalue weighted by Gasteiger charge is -2.35. The summed E-state index contributed by atoms with van der Waals surface area (Å²) in [6, 6.07) is 5.60. The van der Waals surface area contributed by atoms with Gasteiger partial charge in [-0.1, -0.05) is 45.0 Å². The van der Waals surface area contributed by atoms with Gasteiger partial charge in [-0.05, 0) is 43.2 Å². The Morgan fingerprint density at radius 1 is 1.19 bits per heavy atom. The van der Waals surface area contributed by atoms with Gasteiger partial charge in [-0.15, -0.1) is 11.3 Å². The standard InChI is InChI=1S/C27H35FN4O4S/c1-15(17-6-8-18(9-7-17)21-16(2)29-14-37-21)30-23(34)20-12-19(33)13-32(20)24(35)22(26(3,4)5)31-25(36)27(28)10-11-27/h6-9,14-15,19-20,22,33H,10-13H2,1-5H3,(H,30,34)(H,31,36)/t15-,19-,20+,22-/m1/s1. The Balaban J connectivity index is 1.46. The summed E-state index contributed by atoms with van der Waals surface area (Å²) in [5.41, 5.74) is 2.07. The van der Waals surface area contributed by atoms with Crippen LogP contribution < -0.4 is 10.6 Å². The highest BCUT2D eigenvalue weighted by atomic mass is 32.1. The predicted octanol–water partition coefficient (Wildman–Crippen LogP) is 3.29. The monoisotopic (exact) mass is 530 g/mol. The number of alkyl halides is 1. The summed E-state index contributed by atoms with van der Waals surface area (Å²) in [5.74, 6) is -1.69. The van der Waals surface area contributed by atoms with Gasteiger partial charge in [-0.3, -0.25) is 14.4 Å². The topological polar surface area (TPSA) is 112 Å². The predicted molar refractivity (Wildman–Crippen MR) is 139 cm³/mol. The molecule has 2 aliphatic rings. The quantitative estimate of drug-likeness (QED) is 0.509. The number of hydrogen-bond acceptors (Lipinski definition) is 6. The van der Waals surface area contributed by atoms with E-state index in [9.17, 15) is 23.9 Å². The Hall–Kier alpha value is -2.85. The maximum absolute atomic E-state index is 14.3. The first kappa shape index (κ1) is 27.2. The van der Waals surface area contributed by atoms with Crippen molar-refractivity contribution in [3.05, 3.63) is 41.0 Å². The molecule has 10 heteroatoms. The number of halogens is 1. The Labute approximate surface area is 220 Å². The number of carbonyl (C=O) groups excluding carboxylic acids is 3. The van der Waals surface area contributed by atoms with E-state index >= 15 is 0 Å². The highest BCUT2D eigenvalue weighted by Gasteiger charge is 2.53. The first-order valence-corrected chi connectivity index (χ1v) is 13.5. The van der Waals surface area contributed by atoms with Gasteiger partial charge in [0.15, 0.2) is 5.67 Å². The molecule has 1 saturated carbocycles. The fourth-order valence-electron chi connectivity index (χ4n) is 4.61. The van der Waals surface area contributed by atoms with Crippen molar-refractivity contribution in [2.75, 3.05) is 6.54 Å². The largest absolute Gasteiger partial charge is 0.391 e. The number of β-amino-alcohol motifs (C(OH)–C–C–N with tert-alkyl or cyclic N) is 1. The molecule has 0 unspecified atom stereocenters. The fraction of sp³-hybridized carbons (Fsp3) is 0.556. The molecule has 1 aromatic heterocycles. The van der Waals surface area contributed by atoms with Crippen molar-refractivity contribution in [1.29, 1.82) is 0 Å². The van der Waals surface area contributed by atoms with E-state index in [0.29, 0.717) is 0 Å². The second kappa shape index (κ2) is 10.1.